The zero-order valence-electron chi connectivity index (χ0n) is 12.6. The number of rotatable bonds is 6. The van der Waals surface area contributed by atoms with Gasteiger partial charge in [0.2, 0.25) is 11.8 Å². The van der Waals surface area contributed by atoms with Crippen molar-refractivity contribution in [2.24, 2.45) is 5.92 Å². The van der Waals surface area contributed by atoms with Gasteiger partial charge in [-0.1, -0.05) is 30.3 Å². The maximum absolute atomic E-state index is 12.1. The molecule has 0 bridgehead atoms. The van der Waals surface area contributed by atoms with Crippen molar-refractivity contribution >= 4 is 11.8 Å². The molecule has 1 aromatic rings. The molecule has 21 heavy (non-hydrogen) atoms. The lowest BCUT2D eigenvalue weighted by Crippen LogP contribution is -2.40. The third-order valence-electron chi connectivity index (χ3n) is 3.88. The predicted octanol–water partition coefficient (Wildman–Crippen LogP) is 0.759. The minimum atomic E-state index is -0.231. The average molecular weight is 289 g/mol. The number of hydrogen-bond acceptors (Lipinski definition) is 3. The fraction of sp³-hybridized carbons (Fsp3) is 0.500. The largest absolute Gasteiger partial charge is 0.354 e. The fourth-order valence-corrected chi connectivity index (χ4v) is 2.40. The number of nitrogens with zero attached hydrogens (tertiary/aromatic N) is 1. The van der Waals surface area contributed by atoms with Gasteiger partial charge in [-0.3, -0.25) is 9.59 Å². The molecule has 1 fully saturated rings. The standard InChI is InChI=1S/C16H23N3O2/c1-12(17-2)9-18-16(21)14-8-15(20)19(11-14)10-13-6-4-3-5-7-13/h3-7,12,14,17H,8-11H2,1-2H3,(H,18,21). The molecule has 1 aliphatic heterocycles. The summed E-state index contributed by atoms with van der Waals surface area (Å²) in [5.74, 6) is -0.202. The molecule has 0 saturated carbocycles. The van der Waals surface area contributed by atoms with Gasteiger partial charge >= 0.3 is 0 Å². The maximum Gasteiger partial charge on any atom is 0.225 e. The summed E-state index contributed by atoms with van der Waals surface area (Å²) in [6.45, 7) is 3.67. The van der Waals surface area contributed by atoms with Crippen LogP contribution < -0.4 is 10.6 Å². The van der Waals surface area contributed by atoms with Crippen LogP contribution in [-0.4, -0.2) is 42.9 Å². The topological polar surface area (TPSA) is 61.4 Å². The van der Waals surface area contributed by atoms with Gasteiger partial charge in [-0.2, -0.15) is 0 Å². The van der Waals surface area contributed by atoms with E-state index in [0.29, 0.717) is 26.1 Å². The van der Waals surface area contributed by atoms with Crippen LogP contribution in [0.4, 0.5) is 0 Å². The lowest BCUT2D eigenvalue weighted by Gasteiger charge is -2.17. The van der Waals surface area contributed by atoms with Crippen molar-refractivity contribution in [2.45, 2.75) is 25.9 Å². The molecule has 0 radical (unpaired) electrons. The first-order valence-corrected chi connectivity index (χ1v) is 7.37. The van der Waals surface area contributed by atoms with Crippen LogP contribution in [0.25, 0.3) is 0 Å². The van der Waals surface area contributed by atoms with Crippen LogP contribution >= 0.6 is 0 Å². The van der Waals surface area contributed by atoms with Gasteiger partial charge in [0.05, 0.1) is 5.92 Å². The van der Waals surface area contributed by atoms with Crippen molar-refractivity contribution in [3.63, 3.8) is 0 Å². The van der Waals surface area contributed by atoms with E-state index in [1.54, 1.807) is 4.90 Å². The highest BCUT2D eigenvalue weighted by molar-refractivity contribution is 5.89. The zero-order chi connectivity index (χ0) is 15.2. The van der Waals surface area contributed by atoms with Gasteiger partial charge in [-0.05, 0) is 19.5 Å². The number of carbonyl (C=O) groups is 2. The van der Waals surface area contributed by atoms with Gasteiger partial charge in [0.25, 0.3) is 0 Å². The molecule has 1 heterocycles. The molecule has 5 heteroatoms. The second-order valence-electron chi connectivity index (χ2n) is 5.60. The Labute approximate surface area is 125 Å². The Hall–Kier alpha value is -1.88. The monoisotopic (exact) mass is 289 g/mol. The second kappa shape index (κ2) is 7.22. The Morgan fingerprint density at radius 1 is 1.38 bits per heavy atom. The van der Waals surface area contributed by atoms with Crippen LogP contribution in [0.3, 0.4) is 0 Å². The molecule has 1 aliphatic rings. The third-order valence-corrected chi connectivity index (χ3v) is 3.88. The number of carbonyl (C=O) groups excluding carboxylic acids is 2. The average Bonchev–Trinajstić information content (AvgIpc) is 2.86. The summed E-state index contributed by atoms with van der Waals surface area (Å²) in [4.78, 5) is 25.9. The molecular formula is C16H23N3O2. The molecule has 114 valence electrons. The molecule has 5 nitrogen and oxygen atoms in total. The summed E-state index contributed by atoms with van der Waals surface area (Å²) in [6.07, 6.45) is 0.312. The molecule has 2 unspecified atom stereocenters. The molecule has 0 spiro atoms. The lowest BCUT2D eigenvalue weighted by atomic mass is 10.1. The molecule has 0 aromatic heterocycles. The second-order valence-corrected chi connectivity index (χ2v) is 5.60. The highest BCUT2D eigenvalue weighted by Gasteiger charge is 2.34. The Kier molecular flexibility index (Phi) is 5.33. The van der Waals surface area contributed by atoms with Gasteiger partial charge in [0.15, 0.2) is 0 Å². The Balaban J connectivity index is 1.86. The van der Waals surface area contributed by atoms with Crippen LogP contribution in [0, 0.1) is 5.92 Å². The molecule has 0 aliphatic carbocycles. The number of nitrogens with one attached hydrogen (secondary N) is 2. The fourth-order valence-electron chi connectivity index (χ4n) is 2.40. The van der Waals surface area contributed by atoms with Crippen LogP contribution in [0.5, 0.6) is 0 Å². The number of likely N-dealkylation sites (tertiary alicyclic amines) is 1. The first-order valence-electron chi connectivity index (χ1n) is 7.37. The van der Waals surface area contributed by atoms with Crippen LogP contribution in [0.15, 0.2) is 30.3 Å². The lowest BCUT2D eigenvalue weighted by molar-refractivity contribution is -0.129. The van der Waals surface area contributed by atoms with Gasteiger partial charge < -0.3 is 15.5 Å². The Bertz CT molecular complexity index is 490. The first-order chi connectivity index (χ1) is 10.1. The number of likely N-dealkylation sites (N-methyl/N-ethyl adjacent to an activating group) is 1. The van der Waals surface area contributed by atoms with Gasteiger partial charge in [-0.25, -0.2) is 0 Å². The summed E-state index contributed by atoms with van der Waals surface area (Å²) in [6, 6.07) is 10.1. The van der Waals surface area contributed by atoms with Crippen molar-refractivity contribution in [3.8, 4) is 0 Å². The van der Waals surface area contributed by atoms with E-state index < -0.39 is 0 Å². The summed E-state index contributed by atoms with van der Waals surface area (Å²) in [5, 5.41) is 5.97. The van der Waals surface area contributed by atoms with Crippen molar-refractivity contribution in [1.82, 2.24) is 15.5 Å². The van der Waals surface area contributed by atoms with E-state index in [-0.39, 0.29) is 23.8 Å². The van der Waals surface area contributed by atoms with Gasteiger partial charge in [-0.15, -0.1) is 0 Å². The van der Waals surface area contributed by atoms with Crippen LogP contribution in [0.1, 0.15) is 18.9 Å². The van der Waals surface area contributed by atoms with Gasteiger partial charge in [0, 0.05) is 32.1 Å². The van der Waals surface area contributed by atoms with Crippen molar-refractivity contribution in [3.05, 3.63) is 35.9 Å². The van der Waals surface area contributed by atoms with Crippen LogP contribution in [-0.2, 0) is 16.1 Å². The van der Waals surface area contributed by atoms with Gasteiger partial charge in [0.1, 0.15) is 0 Å². The molecule has 2 amide bonds. The van der Waals surface area contributed by atoms with Crippen LogP contribution in [0.2, 0.25) is 0 Å². The minimum absolute atomic E-state index is 0.0268. The van der Waals surface area contributed by atoms with E-state index in [2.05, 4.69) is 10.6 Å². The predicted molar refractivity (Wildman–Crippen MR) is 81.5 cm³/mol. The molecule has 1 saturated heterocycles. The normalized spacial score (nSPS) is 19.6. The van der Waals surface area contributed by atoms with Crippen molar-refractivity contribution in [2.75, 3.05) is 20.1 Å². The SMILES string of the molecule is CNC(C)CNC(=O)C1CC(=O)N(Cc2ccccc2)C1. The first kappa shape index (κ1) is 15.5. The summed E-state index contributed by atoms with van der Waals surface area (Å²) in [7, 11) is 1.86. The van der Waals surface area contributed by atoms with E-state index in [9.17, 15) is 9.59 Å². The minimum Gasteiger partial charge on any atom is -0.354 e. The van der Waals surface area contributed by atoms with Crippen molar-refractivity contribution in [1.29, 1.82) is 0 Å². The smallest absolute Gasteiger partial charge is 0.225 e. The van der Waals surface area contributed by atoms with Crippen molar-refractivity contribution < 1.29 is 9.59 Å². The van der Waals surface area contributed by atoms with E-state index in [1.165, 1.54) is 0 Å². The number of amides is 2. The number of benzene rings is 1. The molecule has 1 aromatic carbocycles. The van der Waals surface area contributed by atoms with E-state index >= 15 is 0 Å². The van der Waals surface area contributed by atoms with E-state index in [0.717, 1.165) is 5.56 Å². The zero-order valence-corrected chi connectivity index (χ0v) is 12.6. The summed E-state index contributed by atoms with van der Waals surface area (Å²) >= 11 is 0. The third kappa shape index (κ3) is 4.29. The Morgan fingerprint density at radius 2 is 2.10 bits per heavy atom. The molecular weight excluding hydrogens is 266 g/mol. The maximum atomic E-state index is 12.1. The molecule has 2 rings (SSSR count). The van der Waals surface area contributed by atoms with E-state index in [1.807, 2.05) is 44.3 Å². The summed E-state index contributed by atoms with van der Waals surface area (Å²) in [5.41, 5.74) is 1.09. The molecule has 2 N–H and O–H groups in total. The number of hydrogen-bond donors (Lipinski definition) is 2. The Morgan fingerprint density at radius 3 is 2.76 bits per heavy atom. The highest BCUT2D eigenvalue weighted by atomic mass is 16.2. The van der Waals surface area contributed by atoms with E-state index in [4.69, 9.17) is 0 Å². The quantitative estimate of drug-likeness (QED) is 0.813. The molecule has 2 atom stereocenters. The summed E-state index contributed by atoms with van der Waals surface area (Å²) < 4.78 is 0. The highest BCUT2D eigenvalue weighted by Crippen LogP contribution is 2.20.